The minimum atomic E-state index is -1.24. The third kappa shape index (κ3) is 2.97. The van der Waals surface area contributed by atoms with Gasteiger partial charge in [0, 0.05) is 6.61 Å². The summed E-state index contributed by atoms with van der Waals surface area (Å²) in [6.45, 7) is 0.766. The van der Waals surface area contributed by atoms with Crippen LogP contribution in [-0.2, 0) is 9.53 Å². The van der Waals surface area contributed by atoms with Crippen LogP contribution in [0.1, 0.15) is 32.1 Å². The van der Waals surface area contributed by atoms with Crippen molar-refractivity contribution in [2.45, 2.75) is 50.0 Å². The highest BCUT2D eigenvalue weighted by Gasteiger charge is 2.43. The third-order valence-corrected chi connectivity index (χ3v) is 4.67. The fourth-order valence-corrected chi connectivity index (χ4v) is 3.83. The number of carboxylic acids is 1. The van der Waals surface area contributed by atoms with Gasteiger partial charge in [0.1, 0.15) is 6.17 Å². The van der Waals surface area contributed by atoms with Crippen LogP contribution >= 0.6 is 9.24 Å². The lowest BCUT2D eigenvalue weighted by Gasteiger charge is -2.39. The molecule has 0 spiro atoms. The van der Waals surface area contributed by atoms with Gasteiger partial charge in [-0.1, -0.05) is 0 Å². The normalized spacial score (nSPS) is 43.3. The molecule has 6 unspecified atom stereocenters. The Morgan fingerprint density at radius 2 is 2.12 bits per heavy atom. The molecule has 1 aliphatic carbocycles. The summed E-state index contributed by atoms with van der Waals surface area (Å²) in [4.78, 5) is 11.0. The van der Waals surface area contributed by atoms with E-state index >= 15 is 0 Å². The SMILES string of the molecule is O=C(O)C1C(F)CC(C2CCCCO2)CC1P. The maximum Gasteiger partial charge on any atom is 0.310 e. The van der Waals surface area contributed by atoms with Crippen LogP contribution in [0.5, 0.6) is 0 Å². The van der Waals surface area contributed by atoms with Gasteiger partial charge in [0.25, 0.3) is 0 Å². The van der Waals surface area contributed by atoms with Crippen LogP contribution in [0, 0.1) is 11.8 Å². The largest absolute Gasteiger partial charge is 0.481 e. The minimum absolute atomic E-state index is 0.139. The van der Waals surface area contributed by atoms with E-state index in [1.165, 1.54) is 0 Å². The van der Waals surface area contributed by atoms with Gasteiger partial charge in [-0.05, 0) is 43.7 Å². The van der Waals surface area contributed by atoms with E-state index in [2.05, 4.69) is 9.24 Å². The van der Waals surface area contributed by atoms with E-state index in [1.54, 1.807) is 0 Å². The second kappa shape index (κ2) is 5.62. The van der Waals surface area contributed by atoms with Gasteiger partial charge in [-0.2, -0.15) is 0 Å². The summed E-state index contributed by atoms with van der Waals surface area (Å²) in [6, 6.07) is 0. The molecular weight excluding hydrogens is 242 g/mol. The first kappa shape index (κ1) is 13.2. The van der Waals surface area contributed by atoms with E-state index < -0.39 is 18.1 Å². The third-order valence-electron chi connectivity index (χ3n) is 3.98. The smallest absolute Gasteiger partial charge is 0.310 e. The second-order valence-electron chi connectivity index (χ2n) is 5.18. The van der Waals surface area contributed by atoms with E-state index in [0.717, 1.165) is 32.3 Å². The molecule has 3 nitrogen and oxygen atoms in total. The molecule has 0 amide bonds. The Hall–Kier alpha value is -0.210. The number of halogens is 1. The summed E-state index contributed by atoms with van der Waals surface area (Å²) in [7, 11) is 2.50. The maximum atomic E-state index is 13.9. The molecule has 0 aromatic carbocycles. The number of hydrogen-bond donors (Lipinski definition) is 1. The molecule has 2 fully saturated rings. The molecule has 1 aliphatic heterocycles. The van der Waals surface area contributed by atoms with Gasteiger partial charge in [-0.25, -0.2) is 4.39 Å². The Bertz CT molecular complexity index is 269. The lowest BCUT2D eigenvalue weighted by Crippen LogP contribution is -2.44. The Morgan fingerprint density at radius 1 is 1.35 bits per heavy atom. The van der Waals surface area contributed by atoms with Gasteiger partial charge in [0.05, 0.1) is 12.0 Å². The van der Waals surface area contributed by atoms with Crippen molar-refractivity contribution in [3.8, 4) is 0 Å². The molecule has 1 saturated carbocycles. The Balaban J connectivity index is 1.97. The topological polar surface area (TPSA) is 46.5 Å². The molecule has 1 heterocycles. The molecule has 5 heteroatoms. The molecule has 2 aliphatic rings. The number of rotatable bonds is 2. The van der Waals surface area contributed by atoms with E-state index in [0.29, 0.717) is 6.42 Å². The summed E-state index contributed by atoms with van der Waals surface area (Å²) in [5.74, 6) is -1.69. The fourth-order valence-electron chi connectivity index (χ4n) is 3.08. The molecule has 0 bridgehead atoms. The van der Waals surface area contributed by atoms with Gasteiger partial charge < -0.3 is 9.84 Å². The zero-order valence-electron chi connectivity index (χ0n) is 9.85. The number of aliphatic carboxylic acids is 1. The highest BCUT2D eigenvalue weighted by Crippen LogP contribution is 2.40. The molecule has 6 atom stereocenters. The molecule has 0 aromatic rings. The zero-order valence-corrected chi connectivity index (χ0v) is 11.0. The summed E-state index contributed by atoms with van der Waals surface area (Å²) in [5, 5.41) is 8.99. The summed E-state index contributed by atoms with van der Waals surface area (Å²) in [6.07, 6.45) is 3.21. The minimum Gasteiger partial charge on any atom is -0.481 e. The van der Waals surface area contributed by atoms with Gasteiger partial charge in [-0.15, -0.1) is 9.24 Å². The number of ether oxygens (including phenoxy) is 1. The zero-order chi connectivity index (χ0) is 12.4. The average molecular weight is 262 g/mol. The van der Waals surface area contributed by atoms with Crippen LogP contribution in [-0.4, -0.2) is 35.6 Å². The van der Waals surface area contributed by atoms with Crippen molar-refractivity contribution in [2.24, 2.45) is 11.8 Å². The first-order valence-corrected chi connectivity index (χ1v) is 7.00. The fraction of sp³-hybridized carbons (Fsp3) is 0.917. The maximum absolute atomic E-state index is 13.9. The van der Waals surface area contributed by atoms with Crippen LogP contribution in [0.3, 0.4) is 0 Å². The number of alkyl halides is 1. The van der Waals surface area contributed by atoms with Crippen molar-refractivity contribution in [2.75, 3.05) is 6.61 Å². The van der Waals surface area contributed by atoms with Gasteiger partial charge in [0.15, 0.2) is 0 Å². The predicted molar refractivity (Wildman–Crippen MR) is 65.8 cm³/mol. The van der Waals surface area contributed by atoms with Crippen LogP contribution in [0.15, 0.2) is 0 Å². The first-order valence-electron chi connectivity index (χ1n) is 6.33. The average Bonchev–Trinajstić information content (AvgIpc) is 2.28. The molecule has 0 radical (unpaired) electrons. The van der Waals surface area contributed by atoms with Crippen LogP contribution < -0.4 is 0 Å². The Labute approximate surface area is 103 Å². The molecule has 2 rings (SSSR count). The van der Waals surface area contributed by atoms with E-state index in [4.69, 9.17) is 9.84 Å². The van der Waals surface area contributed by atoms with Crippen LogP contribution in [0.2, 0.25) is 0 Å². The summed E-state index contributed by atoms with van der Waals surface area (Å²) < 4.78 is 19.6. The van der Waals surface area contributed by atoms with Gasteiger partial charge in [-0.3, -0.25) is 4.79 Å². The Kier molecular flexibility index (Phi) is 4.37. The summed E-state index contributed by atoms with van der Waals surface area (Å²) in [5.41, 5.74) is -0.174. The van der Waals surface area contributed by atoms with Gasteiger partial charge in [0.2, 0.25) is 0 Å². The monoisotopic (exact) mass is 262 g/mol. The predicted octanol–water partition coefficient (Wildman–Crippen LogP) is 2.25. The number of carboxylic acid groups (broad SMARTS) is 1. The quantitative estimate of drug-likeness (QED) is 0.776. The van der Waals surface area contributed by atoms with Crippen LogP contribution in [0.4, 0.5) is 4.39 Å². The van der Waals surface area contributed by atoms with E-state index in [-0.39, 0.29) is 17.7 Å². The number of hydrogen-bond acceptors (Lipinski definition) is 2. The molecule has 98 valence electrons. The molecule has 1 saturated heterocycles. The molecule has 0 aromatic heterocycles. The Morgan fingerprint density at radius 3 is 2.65 bits per heavy atom. The molecule has 17 heavy (non-hydrogen) atoms. The van der Waals surface area contributed by atoms with Crippen LogP contribution in [0.25, 0.3) is 0 Å². The lowest BCUT2D eigenvalue weighted by atomic mass is 9.76. The van der Waals surface area contributed by atoms with E-state index in [9.17, 15) is 9.18 Å². The van der Waals surface area contributed by atoms with Crippen molar-refractivity contribution in [1.29, 1.82) is 0 Å². The molecular formula is C12H20FO3P. The highest BCUT2D eigenvalue weighted by molar-refractivity contribution is 7.17. The second-order valence-corrected chi connectivity index (χ2v) is 6.04. The van der Waals surface area contributed by atoms with Gasteiger partial charge >= 0.3 is 5.97 Å². The summed E-state index contributed by atoms with van der Waals surface area (Å²) >= 11 is 0. The molecule has 1 N–H and O–H groups in total. The highest BCUT2D eigenvalue weighted by atomic mass is 31.0. The van der Waals surface area contributed by atoms with Crippen molar-refractivity contribution >= 4 is 15.2 Å². The lowest BCUT2D eigenvalue weighted by molar-refractivity contribution is -0.146. The van der Waals surface area contributed by atoms with Crippen molar-refractivity contribution in [3.63, 3.8) is 0 Å². The standard InChI is InChI=1S/C12H20FO3P/c13-8-5-7(9-3-1-2-4-16-9)6-10(17)11(8)12(14)15/h7-11H,1-6,17H2,(H,14,15). The van der Waals surface area contributed by atoms with E-state index in [1.807, 2.05) is 0 Å². The number of carbonyl (C=O) groups is 1. The van der Waals surface area contributed by atoms with Crippen molar-refractivity contribution in [3.05, 3.63) is 0 Å². The first-order chi connectivity index (χ1) is 8.09. The van der Waals surface area contributed by atoms with Crippen molar-refractivity contribution < 1.29 is 19.0 Å². The van der Waals surface area contributed by atoms with Crippen molar-refractivity contribution in [1.82, 2.24) is 0 Å².